The van der Waals surface area contributed by atoms with Gasteiger partial charge in [0.05, 0.1) is 0 Å². The van der Waals surface area contributed by atoms with Crippen LogP contribution in [0.5, 0.6) is 0 Å². The van der Waals surface area contributed by atoms with E-state index in [9.17, 15) is 9.18 Å². The molecule has 1 aromatic carbocycles. The molecule has 1 aliphatic rings. The zero-order valence-corrected chi connectivity index (χ0v) is 10.4. The molecule has 1 N–H and O–H groups in total. The van der Waals surface area contributed by atoms with E-state index in [0.29, 0.717) is 23.0 Å². The molecule has 1 amide bonds. The third-order valence-electron chi connectivity index (χ3n) is 2.50. The van der Waals surface area contributed by atoms with E-state index in [1.54, 1.807) is 18.2 Å². The highest BCUT2D eigenvalue weighted by atomic mass is 19.1. The highest BCUT2D eigenvalue weighted by Crippen LogP contribution is 2.15. The number of nitrogens with zero attached hydrogens (tertiary/aromatic N) is 1. The van der Waals surface area contributed by atoms with E-state index in [1.165, 1.54) is 12.1 Å². The molecule has 0 unspecified atom stereocenters. The Labute approximate surface area is 105 Å². The number of halogens is 1. The quantitative estimate of drug-likeness (QED) is 0.819. The van der Waals surface area contributed by atoms with Gasteiger partial charge in [-0.05, 0) is 29.7 Å². The summed E-state index contributed by atoms with van der Waals surface area (Å²) in [6, 6.07) is 6.08. The third kappa shape index (κ3) is 3.03. The third-order valence-corrected chi connectivity index (χ3v) is 2.50. The molecule has 0 radical (unpaired) electrons. The molecule has 0 bridgehead atoms. The van der Waals surface area contributed by atoms with Crippen LogP contribution in [0.15, 0.2) is 35.0 Å². The lowest BCUT2D eigenvalue weighted by Crippen LogP contribution is -2.24. The lowest BCUT2D eigenvalue weighted by Gasteiger charge is -2.02. The van der Waals surface area contributed by atoms with Gasteiger partial charge in [-0.1, -0.05) is 26.0 Å². The molecule has 0 atom stereocenters. The van der Waals surface area contributed by atoms with Gasteiger partial charge in [0.15, 0.2) is 0 Å². The SMILES string of the molecule is CC(C)CC1=N/C(=C/c2cccc(F)c2)C(=O)N1. The Morgan fingerprint density at radius 2 is 2.22 bits per heavy atom. The second-order valence-corrected chi connectivity index (χ2v) is 4.70. The Bertz CT molecular complexity index is 532. The van der Waals surface area contributed by atoms with Gasteiger partial charge in [-0.3, -0.25) is 4.79 Å². The van der Waals surface area contributed by atoms with Gasteiger partial charge in [0.2, 0.25) is 0 Å². The molecule has 1 aliphatic heterocycles. The fourth-order valence-corrected chi connectivity index (χ4v) is 1.75. The number of aliphatic imine (C=N–C) groups is 1. The maximum absolute atomic E-state index is 13.0. The van der Waals surface area contributed by atoms with Crippen molar-refractivity contribution in [2.75, 3.05) is 0 Å². The Hall–Kier alpha value is -1.97. The van der Waals surface area contributed by atoms with Gasteiger partial charge in [0, 0.05) is 6.42 Å². The van der Waals surface area contributed by atoms with Crippen molar-refractivity contribution in [3.05, 3.63) is 41.3 Å². The second-order valence-electron chi connectivity index (χ2n) is 4.70. The molecule has 0 aliphatic carbocycles. The predicted octanol–water partition coefficient (Wildman–Crippen LogP) is 2.74. The molecule has 1 heterocycles. The van der Waals surface area contributed by atoms with E-state index in [0.717, 1.165) is 6.42 Å². The van der Waals surface area contributed by atoms with Crippen LogP contribution in [0.1, 0.15) is 25.8 Å². The number of amidine groups is 1. The van der Waals surface area contributed by atoms with Crippen molar-refractivity contribution in [3.63, 3.8) is 0 Å². The Morgan fingerprint density at radius 3 is 2.89 bits per heavy atom. The summed E-state index contributed by atoms with van der Waals surface area (Å²) in [6.07, 6.45) is 2.32. The van der Waals surface area contributed by atoms with Gasteiger partial charge < -0.3 is 5.32 Å². The lowest BCUT2D eigenvalue weighted by molar-refractivity contribution is -0.115. The van der Waals surface area contributed by atoms with Crippen LogP contribution < -0.4 is 5.32 Å². The predicted molar refractivity (Wildman–Crippen MR) is 69.4 cm³/mol. The van der Waals surface area contributed by atoms with Crippen LogP contribution in [0, 0.1) is 11.7 Å². The number of amides is 1. The van der Waals surface area contributed by atoms with E-state index < -0.39 is 0 Å². The van der Waals surface area contributed by atoms with E-state index in [4.69, 9.17) is 0 Å². The molecule has 0 spiro atoms. The zero-order chi connectivity index (χ0) is 13.1. The van der Waals surface area contributed by atoms with Crippen molar-refractivity contribution in [3.8, 4) is 0 Å². The molecular weight excluding hydrogens is 231 g/mol. The number of carbonyl (C=O) groups excluding carboxylic acids is 1. The molecule has 0 fully saturated rings. The number of hydrogen-bond acceptors (Lipinski definition) is 2. The van der Waals surface area contributed by atoms with Gasteiger partial charge in [-0.2, -0.15) is 0 Å². The van der Waals surface area contributed by atoms with Crippen LogP contribution in [0.3, 0.4) is 0 Å². The van der Waals surface area contributed by atoms with Crippen molar-refractivity contribution in [1.29, 1.82) is 0 Å². The monoisotopic (exact) mass is 246 g/mol. The van der Waals surface area contributed by atoms with Crippen LogP contribution in [0.4, 0.5) is 4.39 Å². The van der Waals surface area contributed by atoms with Crippen LogP contribution in [-0.2, 0) is 4.79 Å². The standard InChI is InChI=1S/C14H15FN2O/c1-9(2)6-13-16-12(14(18)17-13)8-10-4-3-5-11(15)7-10/h3-5,7-9H,6H2,1-2H3,(H,16,17,18)/b12-8+. The number of benzene rings is 1. The molecular formula is C14H15FN2O. The summed E-state index contributed by atoms with van der Waals surface area (Å²) in [7, 11) is 0. The van der Waals surface area contributed by atoms with Crippen LogP contribution in [0.25, 0.3) is 6.08 Å². The maximum Gasteiger partial charge on any atom is 0.275 e. The Morgan fingerprint density at radius 1 is 1.44 bits per heavy atom. The highest BCUT2D eigenvalue weighted by Gasteiger charge is 2.20. The summed E-state index contributed by atoms with van der Waals surface area (Å²) in [5.74, 6) is 0.555. The molecule has 3 nitrogen and oxygen atoms in total. The van der Waals surface area contributed by atoms with E-state index in [2.05, 4.69) is 24.2 Å². The molecule has 0 aromatic heterocycles. The van der Waals surface area contributed by atoms with E-state index in [1.807, 2.05) is 0 Å². The molecule has 0 saturated carbocycles. The van der Waals surface area contributed by atoms with Crippen LogP contribution >= 0.6 is 0 Å². The largest absolute Gasteiger partial charge is 0.309 e. The molecule has 4 heteroatoms. The van der Waals surface area contributed by atoms with Crippen molar-refractivity contribution >= 4 is 17.8 Å². The summed E-state index contributed by atoms with van der Waals surface area (Å²) in [5, 5.41) is 2.72. The van der Waals surface area contributed by atoms with Gasteiger partial charge in [0.1, 0.15) is 17.3 Å². The Balaban J connectivity index is 2.22. The minimum absolute atomic E-state index is 0.227. The lowest BCUT2D eigenvalue weighted by atomic mass is 10.1. The average Bonchev–Trinajstić information content (AvgIpc) is 2.58. The normalized spacial score (nSPS) is 17.2. The zero-order valence-electron chi connectivity index (χ0n) is 10.4. The number of hydrogen-bond donors (Lipinski definition) is 1. The summed E-state index contributed by atoms with van der Waals surface area (Å²) >= 11 is 0. The summed E-state index contributed by atoms with van der Waals surface area (Å²) in [5.41, 5.74) is 0.964. The van der Waals surface area contributed by atoms with Gasteiger partial charge >= 0.3 is 0 Å². The van der Waals surface area contributed by atoms with Crippen molar-refractivity contribution in [2.45, 2.75) is 20.3 Å². The topological polar surface area (TPSA) is 41.5 Å². The van der Waals surface area contributed by atoms with E-state index >= 15 is 0 Å². The molecule has 18 heavy (non-hydrogen) atoms. The fraction of sp³-hybridized carbons (Fsp3) is 0.286. The summed E-state index contributed by atoms with van der Waals surface area (Å²) < 4.78 is 13.0. The van der Waals surface area contributed by atoms with Gasteiger partial charge in [-0.25, -0.2) is 9.38 Å². The first kappa shape index (κ1) is 12.5. The number of carbonyl (C=O) groups is 1. The van der Waals surface area contributed by atoms with E-state index in [-0.39, 0.29) is 11.7 Å². The molecule has 94 valence electrons. The van der Waals surface area contributed by atoms with Crippen LogP contribution in [-0.4, -0.2) is 11.7 Å². The highest BCUT2D eigenvalue weighted by molar-refractivity contribution is 6.14. The molecule has 2 rings (SSSR count). The first-order valence-electron chi connectivity index (χ1n) is 5.91. The summed E-state index contributed by atoms with van der Waals surface area (Å²) in [4.78, 5) is 15.9. The fourth-order valence-electron chi connectivity index (χ4n) is 1.75. The smallest absolute Gasteiger partial charge is 0.275 e. The van der Waals surface area contributed by atoms with Crippen molar-refractivity contribution in [1.82, 2.24) is 5.32 Å². The van der Waals surface area contributed by atoms with Gasteiger partial charge in [0.25, 0.3) is 5.91 Å². The second kappa shape index (κ2) is 5.12. The summed E-state index contributed by atoms with van der Waals surface area (Å²) in [6.45, 7) is 4.12. The first-order chi connectivity index (χ1) is 8.54. The van der Waals surface area contributed by atoms with Crippen molar-refractivity contribution < 1.29 is 9.18 Å². The Kier molecular flexibility index (Phi) is 3.55. The minimum atomic E-state index is -0.325. The minimum Gasteiger partial charge on any atom is -0.309 e. The van der Waals surface area contributed by atoms with Crippen molar-refractivity contribution in [2.24, 2.45) is 10.9 Å². The first-order valence-corrected chi connectivity index (χ1v) is 5.91. The maximum atomic E-state index is 13.0. The van der Waals surface area contributed by atoms with Crippen LogP contribution in [0.2, 0.25) is 0 Å². The average molecular weight is 246 g/mol. The number of rotatable bonds is 3. The van der Waals surface area contributed by atoms with Gasteiger partial charge in [-0.15, -0.1) is 0 Å². The number of nitrogens with one attached hydrogen (secondary N) is 1. The molecule has 1 aromatic rings. The molecule has 0 saturated heterocycles.